The van der Waals surface area contributed by atoms with E-state index >= 15 is 0 Å². The number of nitrogens with two attached hydrogens (primary N) is 1. The second kappa shape index (κ2) is 10.5. The van der Waals surface area contributed by atoms with Crippen molar-refractivity contribution in [2.24, 2.45) is 23.5 Å². The lowest BCUT2D eigenvalue weighted by atomic mass is 9.84. The van der Waals surface area contributed by atoms with Gasteiger partial charge in [0.25, 0.3) is 0 Å². The van der Waals surface area contributed by atoms with Crippen LogP contribution in [0.4, 0.5) is 5.82 Å². The highest BCUT2D eigenvalue weighted by atomic mass is 35.5. The van der Waals surface area contributed by atoms with E-state index in [0.717, 1.165) is 31.7 Å². The quantitative estimate of drug-likeness (QED) is 0.718. The topological polar surface area (TPSA) is 91.6 Å². The van der Waals surface area contributed by atoms with Crippen molar-refractivity contribution in [3.8, 4) is 0 Å². The first kappa shape index (κ1) is 23.7. The highest BCUT2D eigenvalue weighted by Gasteiger charge is 2.48. The fraction of sp³-hybridized carbons (Fsp3) is 0.650. The molecule has 3 fully saturated rings. The zero-order valence-corrected chi connectivity index (χ0v) is 18.2. The van der Waals surface area contributed by atoms with Gasteiger partial charge in [-0.25, -0.2) is 4.98 Å². The molecule has 29 heavy (non-hydrogen) atoms. The maximum Gasteiger partial charge on any atom is 0.224 e. The van der Waals surface area contributed by atoms with Gasteiger partial charge in [-0.05, 0) is 43.2 Å². The number of rotatable bonds is 5. The van der Waals surface area contributed by atoms with Crippen LogP contribution in [-0.4, -0.2) is 60.5 Å². The van der Waals surface area contributed by atoms with Crippen LogP contribution in [0.3, 0.4) is 0 Å². The van der Waals surface area contributed by atoms with E-state index in [1.165, 1.54) is 6.42 Å². The van der Waals surface area contributed by atoms with Gasteiger partial charge in [-0.15, -0.1) is 24.8 Å². The molecule has 9 heteroatoms. The lowest BCUT2D eigenvalue weighted by molar-refractivity contribution is -0.131. The Labute approximate surface area is 184 Å². The average Bonchev–Trinajstić information content (AvgIpc) is 3.30. The number of fused-ring (bicyclic) bond motifs is 2. The molecule has 1 aliphatic heterocycles. The Morgan fingerprint density at radius 3 is 2.45 bits per heavy atom. The molecule has 2 aliphatic carbocycles. The van der Waals surface area contributed by atoms with Crippen molar-refractivity contribution in [2.45, 2.75) is 31.7 Å². The summed E-state index contributed by atoms with van der Waals surface area (Å²) in [7, 11) is 0. The van der Waals surface area contributed by atoms with Crippen LogP contribution in [0.1, 0.15) is 25.7 Å². The van der Waals surface area contributed by atoms with E-state index in [1.807, 2.05) is 23.1 Å². The minimum atomic E-state index is -0.0548. The van der Waals surface area contributed by atoms with Crippen LogP contribution in [0, 0.1) is 17.8 Å². The van der Waals surface area contributed by atoms with Crippen LogP contribution < -0.4 is 16.0 Å². The summed E-state index contributed by atoms with van der Waals surface area (Å²) in [6, 6.07) is 5.87. The SMILES string of the molecule is Cl.Cl.NC1C2CCC(C2)C1C(=O)NCCC(=O)N1CCN(c2ccccn2)CC1. The van der Waals surface area contributed by atoms with Crippen molar-refractivity contribution in [1.29, 1.82) is 0 Å². The molecule has 162 valence electrons. The summed E-state index contributed by atoms with van der Waals surface area (Å²) in [4.78, 5) is 33.4. The lowest BCUT2D eigenvalue weighted by Crippen LogP contribution is -2.50. The van der Waals surface area contributed by atoms with Crippen molar-refractivity contribution in [3.05, 3.63) is 24.4 Å². The first-order valence-corrected chi connectivity index (χ1v) is 10.1. The molecule has 1 aromatic heterocycles. The molecule has 1 saturated heterocycles. The number of pyridine rings is 1. The Kier molecular flexibility index (Phi) is 8.55. The van der Waals surface area contributed by atoms with Crippen LogP contribution in [0.5, 0.6) is 0 Å². The first-order valence-electron chi connectivity index (χ1n) is 10.1. The van der Waals surface area contributed by atoms with E-state index in [4.69, 9.17) is 5.73 Å². The van der Waals surface area contributed by atoms with Gasteiger partial charge in [0.2, 0.25) is 11.8 Å². The molecule has 3 aliphatic rings. The lowest BCUT2D eigenvalue weighted by Gasteiger charge is -2.35. The molecular weight excluding hydrogens is 413 g/mol. The predicted octanol–water partition coefficient (Wildman–Crippen LogP) is 1.45. The Morgan fingerprint density at radius 2 is 1.83 bits per heavy atom. The summed E-state index contributed by atoms with van der Waals surface area (Å²) >= 11 is 0. The highest BCUT2D eigenvalue weighted by Crippen LogP contribution is 2.47. The number of carbonyl (C=O) groups excluding carboxylic acids is 2. The Morgan fingerprint density at radius 1 is 1.10 bits per heavy atom. The molecule has 2 amide bonds. The largest absolute Gasteiger partial charge is 0.355 e. The molecule has 0 spiro atoms. The molecule has 2 bridgehead atoms. The maximum absolute atomic E-state index is 12.5. The van der Waals surface area contributed by atoms with Crippen molar-refractivity contribution >= 4 is 42.4 Å². The number of aromatic nitrogens is 1. The van der Waals surface area contributed by atoms with Gasteiger partial charge in [0.15, 0.2) is 0 Å². The fourth-order valence-electron chi connectivity index (χ4n) is 5.02. The number of nitrogens with zero attached hydrogens (tertiary/aromatic N) is 3. The Hall–Kier alpha value is -1.57. The number of amides is 2. The average molecular weight is 444 g/mol. The van der Waals surface area contributed by atoms with E-state index in [1.54, 1.807) is 6.20 Å². The monoisotopic (exact) mass is 443 g/mol. The summed E-state index contributed by atoms with van der Waals surface area (Å²) in [6.07, 6.45) is 5.52. The van der Waals surface area contributed by atoms with Gasteiger partial charge in [0.05, 0.1) is 5.92 Å². The smallest absolute Gasteiger partial charge is 0.224 e. The number of halogens is 2. The maximum atomic E-state index is 12.5. The van der Waals surface area contributed by atoms with E-state index < -0.39 is 0 Å². The molecule has 2 heterocycles. The molecule has 1 aromatic rings. The zero-order chi connectivity index (χ0) is 18.8. The van der Waals surface area contributed by atoms with E-state index in [9.17, 15) is 9.59 Å². The molecule has 3 N–H and O–H groups in total. The van der Waals surface area contributed by atoms with E-state index in [0.29, 0.717) is 37.9 Å². The molecule has 7 nitrogen and oxygen atoms in total. The first-order chi connectivity index (χ1) is 13.1. The van der Waals surface area contributed by atoms with Gasteiger partial charge < -0.3 is 20.9 Å². The highest BCUT2D eigenvalue weighted by molar-refractivity contribution is 5.85. The molecule has 2 saturated carbocycles. The van der Waals surface area contributed by atoms with Crippen LogP contribution in [0.2, 0.25) is 0 Å². The van der Waals surface area contributed by atoms with Crippen molar-refractivity contribution in [1.82, 2.24) is 15.2 Å². The van der Waals surface area contributed by atoms with Gasteiger partial charge in [-0.2, -0.15) is 0 Å². The van der Waals surface area contributed by atoms with Gasteiger partial charge in [0.1, 0.15) is 5.82 Å². The van der Waals surface area contributed by atoms with Gasteiger partial charge in [-0.1, -0.05) is 6.07 Å². The number of anilines is 1. The normalized spacial score (nSPS) is 27.8. The molecular formula is C20H31Cl2N5O2. The second-order valence-electron chi connectivity index (χ2n) is 8.03. The van der Waals surface area contributed by atoms with Crippen molar-refractivity contribution in [2.75, 3.05) is 37.6 Å². The molecule has 0 radical (unpaired) electrons. The van der Waals surface area contributed by atoms with Crippen molar-refractivity contribution in [3.63, 3.8) is 0 Å². The molecule has 4 unspecified atom stereocenters. The summed E-state index contributed by atoms with van der Waals surface area (Å²) in [6.45, 7) is 3.37. The number of hydrogen-bond donors (Lipinski definition) is 2. The Balaban J connectivity index is 0.00000150. The summed E-state index contributed by atoms with van der Waals surface area (Å²) in [5.74, 6) is 2.01. The summed E-state index contributed by atoms with van der Waals surface area (Å²) in [5, 5.41) is 2.96. The van der Waals surface area contributed by atoms with Crippen LogP contribution in [0.15, 0.2) is 24.4 Å². The third kappa shape index (κ3) is 5.13. The predicted molar refractivity (Wildman–Crippen MR) is 117 cm³/mol. The van der Waals surface area contributed by atoms with Gasteiger partial charge >= 0.3 is 0 Å². The standard InChI is InChI=1S/C20H29N5O2.2ClH/c21-19-15-5-4-14(13-15)18(19)20(27)23-8-6-17(26)25-11-9-24(10-12-25)16-3-1-2-7-22-16;;/h1-3,7,14-15,18-19H,4-6,8-13,21H2,(H,23,27);2*1H. The van der Waals surface area contributed by atoms with Gasteiger partial charge in [0, 0.05) is 51.4 Å². The fourth-order valence-corrected chi connectivity index (χ4v) is 5.02. The minimum Gasteiger partial charge on any atom is -0.355 e. The van der Waals surface area contributed by atoms with E-state index in [2.05, 4.69) is 15.2 Å². The van der Waals surface area contributed by atoms with Crippen LogP contribution in [-0.2, 0) is 9.59 Å². The summed E-state index contributed by atoms with van der Waals surface area (Å²) < 4.78 is 0. The number of carbonyl (C=O) groups is 2. The molecule has 4 atom stereocenters. The van der Waals surface area contributed by atoms with Crippen molar-refractivity contribution < 1.29 is 9.59 Å². The van der Waals surface area contributed by atoms with Crippen LogP contribution in [0.25, 0.3) is 0 Å². The second-order valence-corrected chi connectivity index (χ2v) is 8.03. The van der Waals surface area contributed by atoms with E-state index in [-0.39, 0.29) is 48.6 Å². The molecule has 0 aromatic carbocycles. The van der Waals surface area contributed by atoms with Crippen LogP contribution >= 0.6 is 24.8 Å². The molecule has 4 rings (SSSR count). The number of piperazine rings is 1. The number of hydrogen-bond acceptors (Lipinski definition) is 5. The Bertz CT molecular complexity index is 683. The minimum absolute atomic E-state index is 0. The number of nitrogens with one attached hydrogen (secondary N) is 1. The van der Waals surface area contributed by atoms with Gasteiger partial charge in [-0.3, -0.25) is 9.59 Å². The third-order valence-corrected chi connectivity index (χ3v) is 6.53. The third-order valence-electron chi connectivity index (χ3n) is 6.53. The summed E-state index contributed by atoms with van der Waals surface area (Å²) in [5.41, 5.74) is 6.23. The zero-order valence-electron chi connectivity index (χ0n) is 16.5.